The smallest absolute Gasteiger partial charge is 0.269 e. The molecule has 0 aliphatic heterocycles. The summed E-state index contributed by atoms with van der Waals surface area (Å²) in [4.78, 5) is 20.2. The van der Waals surface area contributed by atoms with Gasteiger partial charge in [-0.3, -0.25) is 9.78 Å². The Bertz CT molecular complexity index is 651. The van der Waals surface area contributed by atoms with E-state index in [2.05, 4.69) is 20.4 Å². The third kappa shape index (κ3) is 3.99. The van der Waals surface area contributed by atoms with Gasteiger partial charge >= 0.3 is 0 Å². The van der Waals surface area contributed by atoms with E-state index in [1.165, 1.54) is 12.3 Å². The summed E-state index contributed by atoms with van der Waals surface area (Å²) >= 11 is 1.58. The number of aryl methyl sites for hydroxylation is 1. The third-order valence-electron chi connectivity index (χ3n) is 2.69. The highest BCUT2D eigenvalue weighted by molar-refractivity contribution is 7.09. The average molecular weight is 305 g/mol. The van der Waals surface area contributed by atoms with Gasteiger partial charge in [-0.25, -0.2) is 4.98 Å². The molecule has 0 atom stereocenters. The van der Waals surface area contributed by atoms with Crippen LogP contribution in [0.15, 0.2) is 28.9 Å². The Morgan fingerprint density at radius 3 is 2.90 bits per heavy atom. The number of carbonyl (C=O) groups excluding carboxylic acids is 1. The van der Waals surface area contributed by atoms with Gasteiger partial charge in [0.2, 0.25) is 0 Å². The fourth-order valence-corrected chi connectivity index (χ4v) is 2.40. The summed E-state index contributed by atoms with van der Waals surface area (Å²) in [6.07, 6.45) is 2.07. The molecule has 4 N–H and O–H groups in total. The minimum atomic E-state index is -0.269. The number of carbonyl (C=O) groups is 1. The number of aromatic nitrogens is 2. The summed E-state index contributed by atoms with van der Waals surface area (Å²) < 4.78 is 0. The number of thiazole rings is 1. The predicted molar refractivity (Wildman–Crippen MR) is 79.6 cm³/mol. The molecule has 2 rings (SSSR count). The molecule has 7 nitrogen and oxygen atoms in total. The van der Waals surface area contributed by atoms with E-state index in [4.69, 9.17) is 10.9 Å². The molecule has 0 aliphatic carbocycles. The Labute approximate surface area is 125 Å². The van der Waals surface area contributed by atoms with Crippen molar-refractivity contribution < 1.29 is 10.0 Å². The van der Waals surface area contributed by atoms with Crippen molar-refractivity contribution in [2.45, 2.75) is 13.3 Å². The number of rotatable bonds is 5. The van der Waals surface area contributed by atoms with Crippen molar-refractivity contribution >= 4 is 23.1 Å². The number of hydrogen-bond acceptors (Lipinski definition) is 6. The molecule has 0 saturated heterocycles. The zero-order valence-corrected chi connectivity index (χ0v) is 12.2. The first-order valence-corrected chi connectivity index (χ1v) is 7.11. The van der Waals surface area contributed by atoms with Crippen molar-refractivity contribution in [1.29, 1.82) is 0 Å². The van der Waals surface area contributed by atoms with Gasteiger partial charge in [0.25, 0.3) is 5.91 Å². The highest BCUT2D eigenvalue weighted by atomic mass is 32.1. The van der Waals surface area contributed by atoms with Crippen LogP contribution >= 0.6 is 11.3 Å². The van der Waals surface area contributed by atoms with Gasteiger partial charge in [-0.2, -0.15) is 0 Å². The second-order valence-electron chi connectivity index (χ2n) is 4.31. The molecular weight excluding hydrogens is 290 g/mol. The molecule has 2 heterocycles. The Morgan fingerprint density at radius 1 is 1.52 bits per heavy atom. The number of amidine groups is 1. The van der Waals surface area contributed by atoms with Crippen molar-refractivity contribution in [3.8, 4) is 0 Å². The van der Waals surface area contributed by atoms with Crippen LogP contribution in [-0.4, -0.2) is 33.5 Å². The molecule has 0 aromatic carbocycles. The maximum absolute atomic E-state index is 11.9. The highest BCUT2D eigenvalue weighted by Gasteiger charge is 2.08. The minimum Gasteiger partial charge on any atom is -0.409 e. The minimum absolute atomic E-state index is 0.0476. The first-order chi connectivity index (χ1) is 10.1. The second kappa shape index (κ2) is 6.80. The number of nitrogens with one attached hydrogen (secondary N) is 1. The molecule has 0 fully saturated rings. The molecule has 0 aliphatic rings. The van der Waals surface area contributed by atoms with Gasteiger partial charge in [0.15, 0.2) is 5.84 Å². The quantitative estimate of drug-likeness (QED) is 0.329. The van der Waals surface area contributed by atoms with Crippen LogP contribution in [0.4, 0.5) is 0 Å². The van der Waals surface area contributed by atoms with E-state index in [9.17, 15) is 4.79 Å². The summed E-state index contributed by atoms with van der Waals surface area (Å²) in [7, 11) is 0. The third-order valence-corrected chi connectivity index (χ3v) is 3.72. The summed E-state index contributed by atoms with van der Waals surface area (Å²) in [5.41, 5.74) is 7.14. The number of amides is 1. The van der Waals surface area contributed by atoms with E-state index < -0.39 is 0 Å². The van der Waals surface area contributed by atoms with E-state index in [1.54, 1.807) is 17.4 Å². The van der Waals surface area contributed by atoms with Crippen molar-refractivity contribution in [3.63, 3.8) is 0 Å². The maximum atomic E-state index is 11.9. The zero-order valence-electron chi connectivity index (χ0n) is 11.4. The molecule has 0 spiro atoms. The summed E-state index contributed by atoms with van der Waals surface area (Å²) in [5.74, 6) is -0.317. The number of oxime groups is 1. The standard InChI is InChI=1S/C13H15N5O2S/c1-8-7-21-11(17-8)4-5-15-13(19)10-3-2-9(6-16-10)12(14)18-20/h2-3,6-7,20H,4-5H2,1H3,(H2,14,18)(H,15,19). The fourth-order valence-electron chi connectivity index (χ4n) is 1.63. The first-order valence-electron chi connectivity index (χ1n) is 6.23. The van der Waals surface area contributed by atoms with Crippen LogP contribution in [0.25, 0.3) is 0 Å². The Balaban J connectivity index is 1.88. The lowest BCUT2D eigenvalue weighted by Gasteiger charge is -2.04. The second-order valence-corrected chi connectivity index (χ2v) is 5.25. The molecule has 2 aromatic heterocycles. The van der Waals surface area contributed by atoms with Gasteiger partial charge in [0.1, 0.15) is 5.69 Å². The average Bonchev–Trinajstić information content (AvgIpc) is 2.92. The van der Waals surface area contributed by atoms with Gasteiger partial charge in [-0.05, 0) is 19.1 Å². The SMILES string of the molecule is Cc1csc(CCNC(=O)c2ccc(C(N)=NO)cn2)n1. The maximum Gasteiger partial charge on any atom is 0.269 e. The lowest BCUT2D eigenvalue weighted by molar-refractivity contribution is 0.0949. The highest BCUT2D eigenvalue weighted by Crippen LogP contribution is 2.08. The lowest BCUT2D eigenvalue weighted by Crippen LogP contribution is -2.26. The van der Waals surface area contributed by atoms with Gasteiger partial charge in [0.05, 0.1) is 5.01 Å². The first kappa shape index (κ1) is 14.9. The summed E-state index contributed by atoms with van der Waals surface area (Å²) in [6.45, 7) is 2.43. The zero-order chi connectivity index (χ0) is 15.2. The van der Waals surface area contributed by atoms with Crippen molar-refractivity contribution in [2.75, 3.05) is 6.54 Å². The molecule has 0 unspecified atom stereocenters. The van der Waals surface area contributed by atoms with Crippen LogP contribution in [0.3, 0.4) is 0 Å². The number of pyridine rings is 1. The molecule has 0 radical (unpaired) electrons. The van der Waals surface area contributed by atoms with Crippen LogP contribution in [0, 0.1) is 6.92 Å². The fraction of sp³-hybridized carbons (Fsp3) is 0.231. The molecule has 110 valence electrons. The Kier molecular flexibility index (Phi) is 4.83. The Hall–Kier alpha value is -2.48. The van der Waals surface area contributed by atoms with E-state index in [0.29, 0.717) is 18.5 Å². The normalized spacial score (nSPS) is 11.4. The van der Waals surface area contributed by atoms with Crippen LogP contribution < -0.4 is 11.1 Å². The van der Waals surface area contributed by atoms with E-state index in [0.717, 1.165) is 10.7 Å². The molecule has 0 bridgehead atoms. The monoisotopic (exact) mass is 305 g/mol. The number of hydrogen-bond donors (Lipinski definition) is 3. The molecule has 1 amide bonds. The van der Waals surface area contributed by atoms with Crippen LogP contribution in [-0.2, 0) is 6.42 Å². The number of nitrogens with two attached hydrogens (primary N) is 1. The van der Waals surface area contributed by atoms with Gasteiger partial charge < -0.3 is 16.3 Å². The summed E-state index contributed by atoms with van der Waals surface area (Å²) in [6, 6.07) is 3.09. The van der Waals surface area contributed by atoms with Gasteiger partial charge in [0, 0.05) is 35.8 Å². The van der Waals surface area contributed by atoms with Gasteiger partial charge in [-0.1, -0.05) is 5.16 Å². The van der Waals surface area contributed by atoms with Crippen LogP contribution in [0.1, 0.15) is 26.8 Å². The van der Waals surface area contributed by atoms with Gasteiger partial charge in [-0.15, -0.1) is 11.3 Å². The van der Waals surface area contributed by atoms with E-state index in [1.807, 2.05) is 12.3 Å². The lowest BCUT2D eigenvalue weighted by atomic mass is 10.2. The summed E-state index contributed by atoms with van der Waals surface area (Å²) in [5, 5.41) is 17.1. The van der Waals surface area contributed by atoms with Crippen molar-refractivity contribution in [1.82, 2.24) is 15.3 Å². The van der Waals surface area contributed by atoms with Crippen LogP contribution in [0.5, 0.6) is 0 Å². The van der Waals surface area contributed by atoms with E-state index >= 15 is 0 Å². The molecule has 0 saturated carbocycles. The molecule has 8 heteroatoms. The van der Waals surface area contributed by atoms with E-state index in [-0.39, 0.29) is 17.4 Å². The van der Waals surface area contributed by atoms with Crippen molar-refractivity contribution in [2.24, 2.45) is 10.9 Å². The molecular formula is C13H15N5O2S. The topological polar surface area (TPSA) is 113 Å². The van der Waals surface area contributed by atoms with Crippen molar-refractivity contribution in [3.05, 3.63) is 45.7 Å². The molecule has 2 aromatic rings. The predicted octanol–water partition coefficient (Wildman–Crippen LogP) is 0.914. The molecule has 21 heavy (non-hydrogen) atoms. The Morgan fingerprint density at radius 2 is 2.33 bits per heavy atom. The van der Waals surface area contributed by atoms with Crippen LogP contribution in [0.2, 0.25) is 0 Å². The largest absolute Gasteiger partial charge is 0.409 e. The number of nitrogens with zero attached hydrogens (tertiary/aromatic N) is 3.